The van der Waals surface area contributed by atoms with Gasteiger partial charge < -0.3 is 0 Å². The van der Waals surface area contributed by atoms with Crippen LogP contribution in [-0.2, 0) is 0 Å². The summed E-state index contributed by atoms with van der Waals surface area (Å²) < 4.78 is 0. The zero-order chi connectivity index (χ0) is 6.99. The molecule has 0 aliphatic carbocycles. The van der Waals surface area contributed by atoms with Crippen molar-refractivity contribution in [2.24, 2.45) is 5.92 Å². The molecule has 6 heteroatoms. The van der Waals surface area contributed by atoms with Crippen molar-refractivity contribution in [3.05, 3.63) is 0 Å². The Kier molecular flexibility index (Phi) is 111. The Balaban J connectivity index is -0.0000000119. The van der Waals surface area contributed by atoms with Gasteiger partial charge >= 0.3 is 0 Å². The number of halogens is 4. The predicted molar refractivity (Wildman–Crippen MR) is 87.0 cm³/mol. The van der Waals surface area contributed by atoms with Gasteiger partial charge in [0.15, 0.2) is 0 Å². The molecule has 0 fully saturated rings. The fourth-order valence-electron chi connectivity index (χ4n) is 0. The molecular weight excluding hydrogens is 451 g/mol. The molecule has 0 atom stereocenters. The van der Waals surface area contributed by atoms with E-state index in [0.29, 0.717) is 0 Å². The lowest BCUT2D eigenvalue weighted by Gasteiger charge is -1.91. The van der Waals surface area contributed by atoms with Crippen LogP contribution in [-0.4, -0.2) is 32.6 Å². The molecule has 4 radical (unpaired) electrons. The molecule has 0 aromatic heterocycles. The van der Waals surface area contributed by atoms with E-state index in [4.69, 9.17) is 0 Å². The maximum atomic E-state index is 2.69. The normalized spacial score (nSPS) is 5.33. The van der Waals surface area contributed by atoms with Crippen LogP contribution in [0.15, 0.2) is 0 Å². The van der Waals surface area contributed by atoms with Crippen molar-refractivity contribution in [1.82, 2.24) is 0 Å². The highest BCUT2D eigenvalue weighted by Crippen LogP contribution is 1.92. The zero-order valence-electron chi connectivity index (χ0n) is 7.78. The lowest BCUT2D eigenvalue weighted by Crippen LogP contribution is -1.80. The van der Waals surface area contributed by atoms with Crippen LogP contribution in [0.3, 0.4) is 0 Å². The smallest absolute Gasteiger partial charge is 0.118 e. The van der Waals surface area contributed by atoms with Gasteiger partial charge in [0.05, 0.1) is 0 Å². The molecule has 0 N–H and O–H groups in total. The van der Waals surface area contributed by atoms with Gasteiger partial charge in [0.2, 0.25) is 0 Å². The number of hydrogen-bond donors (Lipinski definition) is 0. The van der Waals surface area contributed by atoms with Gasteiger partial charge in [-0.25, -0.2) is 0 Å². The Morgan fingerprint density at radius 3 is 1.08 bits per heavy atom. The summed E-state index contributed by atoms with van der Waals surface area (Å²) in [5.74, 6) is 0.847. The molecule has 0 aliphatic rings. The summed E-state index contributed by atoms with van der Waals surface area (Å²) in [5.41, 5.74) is 0. The van der Waals surface area contributed by atoms with Gasteiger partial charge in [-0.2, -0.15) is 0 Å². The first-order valence-electron chi connectivity index (χ1n) is 3.09. The average molecular weight is 469 g/mol. The van der Waals surface area contributed by atoms with Crippen LogP contribution in [0.25, 0.3) is 0 Å². The maximum Gasteiger partial charge on any atom is 0.118 e. The van der Waals surface area contributed by atoms with E-state index in [1.807, 2.05) is 0 Å². The standard InChI is InChI=1S/C4H9.C2H5.2Al.2ClH.2HI/c1-4(2)3;1-2;;;;;;/h4H,1H2,2-3H3;1H2,2H3;;;4*1H. The molecule has 0 unspecified atom stereocenters. The van der Waals surface area contributed by atoms with Crippen LogP contribution in [0.5, 0.6) is 0 Å². The second kappa shape index (κ2) is 36.9. The van der Waals surface area contributed by atoms with E-state index in [9.17, 15) is 0 Å². The molecule has 12 heavy (non-hydrogen) atoms. The number of rotatable bonds is 1. The summed E-state index contributed by atoms with van der Waals surface area (Å²) in [4.78, 5) is 0. The zero-order valence-corrected chi connectivity index (χ0v) is 16.4. The third-order valence-electron chi connectivity index (χ3n) is 0.471. The molecular formula is C6H18Al2Cl2I2. The van der Waals surface area contributed by atoms with Crippen LogP contribution in [0.2, 0.25) is 10.6 Å². The summed E-state index contributed by atoms with van der Waals surface area (Å²) in [5, 5.41) is 2.39. The molecule has 0 aliphatic heterocycles. The Bertz CT molecular complexity index is 42.7. The van der Waals surface area contributed by atoms with Crippen molar-refractivity contribution in [3.63, 3.8) is 0 Å². The third kappa shape index (κ3) is 73.7. The summed E-state index contributed by atoms with van der Waals surface area (Å²) in [6.07, 6.45) is 0. The van der Waals surface area contributed by atoms with Gasteiger partial charge in [-0.05, 0) is 0 Å². The average Bonchev–Trinajstić information content (AvgIpc) is 1.69. The van der Waals surface area contributed by atoms with Crippen molar-refractivity contribution in [2.75, 3.05) is 0 Å². The Morgan fingerprint density at radius 2 is 1.08 bits per heavy atom. The fourth-order valence-corrected chi connectivity index (χ4v) is 0. The molecule has 0 amide bonds. The molecule has 0 aromatic carbocycles. The Hall–Kier alpha value is 3.10. The van der Waals surface area contributed by atoms with Crippen molar-refractivity contribution in [1.29, 1.82) is 0 Å². The van der Waals surface area contributed by atoms with Crippen LogP contribution < -0.4 is 0 Å². The molecule has 0 rings (SSSR count). The van der Waals surface area contributed by atoms with Crippen LogP contribution >= 0.6 is 72.8 Å². The SMILES string of the molecule is CC(C)[CH2][Al].C[CH2][Al].Cl.Cl.I.I. The fraction of sp³-hybridized carbons (Fsp3) is 1.00. The Labute approximate surface area is 140 Å². The van der Waals surface area contributed by atoms with E-state index in [1.165, 1.54) is 10.6 Å². The minimum atomic E-state index is 0. The largest absolute Gasteiger partial charge is 0.147 e. The molecule has 0 aromatic rings. The first-order valence-corrected chi connectivity index (χ1v) is 4.72. The monoisotopic (exact) mass is 468 g/mol. The lowest BCUT2D eigenvalue weighted by atomic mass is 10.3. The summed E-state index contributed by atoms with van der Waals surface area (Å²) in [6, 6.07) is 0. The number of hydrogen-bond acceptors (Lipinski definition) is 0. The van der Waals surface area contributed by atoms with Crippen molar-refractivity contribution < 1.29 is 0 Å². The maximum absolute atomic E-state index is 2.69. The van der Waals surface area contributed by atoms with Gasteiger partial charge in [0, 0.05) is 0 Å². The van der Waals surface area contributed by atoms with Gasteiger partial charge in [-0.1, -0.05) is 26.7 Å². The van der Waals surface area contributed by atoms with Gasteiger partial charge in [0.1, 0.15) is 32.6 Å². The quantitative estimate of drug-likeness (QED) is 0.404. The highest BCUT2D eigenvalue weighted by atomic mass is 127. The van der Waals surface area contributed by atoms with E-state index in [-0.39, 0.29) is 72.8 Å². The highest BCUT2D eigenvalue weighted by Gasteiger charge is 1.79. The van der Waals surface area contributed by atoms with Crippen molar-refractivity contribution in [2.45, 2.75) is 31.3 Å². The highest BCUT2D eigenvalue weighted by molar-refractivity contribution is 14.0. The third-order valence-corrected chi connectivity index (χ3v) is 1.41. The minimum absolute atomic E-state index is 0. The van der Waals surface area contributed by atoms with E-state index in [1.54, 1.807) is 0 Å². The van der Waals surface area contributed by atoms with Crippen LogP contribution in [0.1, 0.15) is 20.8 Å². The van der Waals surface area contributed by atoms with Crippen molar-refractivity contribution in [3.8, 4) is 0 Å². The van der Waals surface area contributed by atoms with E-state index < -0.39 is 0 Å². The van der Waals surface area contributed by atoms with Gasteiger partial charge in [0.25, 0.3) is 0 Å². The second-order valence-corrected chi connectivity index (χ2v) is 3.33. The molecule has 76 valence electrons. The first-order chi connectivity index (χ1) is 3.68. The molecule has 0 bridgehead atoms. The topological polar surface area (TPSA) is 0 Å². The van der Waals surface area contributed by atoms with Crippen LogP contribution in [0.4, 0.5) is 0 Å². The van der Waals surface area contributed by atoms with E-state index in [2.05, 4.69) is 53.4 Å². The molecule has 0 saturated carbocycles. The van der Waals surface area contributed by atoms with Crippen molar-refractivity contribution >= 4 is 105 Å². The van der Waals surface area contributed by atoms with E-state index in [0.717, 1.165) is 5.92 Å². The minimum Gasteiger partial charge on any atom is -0.147 e. The van der Waals surface area contributed by atoms with Gasteiger partial charge in [-0.3, -0.25) is 0 Å². The second-order valence-electron chi connectivity index (χ2n) is 2.04. The van der Waals surface area contributed by atoms with E-state index >= 15 is 0 Å². The molecule has 0 nitrogen and oxygen atoms in total. The van der Waals surface area contributed by atoms with Crippen LogP contribution in [0, 0.1) is 5.92 Å². The Morgan fingerprint density at radius 1 is 1.00 bits per heavy atom. The summed E-state index contributed by atoms with van der Waals surface area (Å²) in [6.45, 7) is 6.49. The predicted octanol–water partition coefficient (Wildman–Crippen LogP) is 3.90. The lowest BCUT2D eigenvalue weighted by molar-refractivity contribution is 0.735. The molecule has 0 spiro atoms. The molecule has 0 saturated heterocycles. The first kappa shape index (κ1) is 36.2. The summed E-state index contributed by atoms with van der Waals surface area (Å²) in [7, 11) is 0. The molecule has 0 heterocycles. The van der Waals surface area contributed by atoms with Gasteiger partial charge in [-0.15, -0.1) is 83.3 Å². The summed E-state index contributed by atoms with van der Waals surface area (Å²) >= 11 is 5.27.